The minimum Gasteiger partial charge on any atom is -0.366 e. The first kappa shape index (κ1) is 14.9. The van der Waals surface area contributed by atoms with E-state index in [9.17, 15) is 9.59 Å². The van der Waals surface area contributed by atoms with Gasteiger partial charge in [-0.15, -0.1) is 11.3 Å². The highest BCUT2D eigenvalue weighted by Gasteiger charge is 2.04. The largest absolute Gasteiger partial charge is 0.366 e. The average molecular weight is 323 g/mol. The van der Waals surface area contributed by atoms with Crippen LogP contribution in [-0.4, -0.2) is 16.8 Å². The number of carbonyl (C=O) groups is 2. The van der Waals surface area contributed by atoms with Gasteiger partial charge in [-0.25, -0.2) is 4.98 Å². The van der Waals surface area contributed by atoms with Crippen molar-refractivity contribution < 1.29 is 9.59 Å². The number of rotatable bonds is 4. The third kappa shape index (κ3) is 3.61. The van der Waals surface area contributed by atoms with Gasteiger partial charge < -0.3 is 11.1 Å². The number of hydrogen-bond acceptors (Lipinski definition) is 4. The van der Waals surface area contributed by atoms with Gasteiger partial charge in [-0.2, -0.15) is 0 Å². The average Bonchev–Trinajstić information content (AvgIpc) is 2.96. The van der Waals surface area contributed by atoms with Crippen molar-refractivity contribution in [3.63, 3.8) is 0 Å². The molecule has 0 atom stereocenters. The third-order valence-corrected chi connectivity index (χ3v) is 4.10. The Morgan fingerprint density at radius 3 is 2.74 bits per heavy atom. The maximum atomic E-state index is 11.9. The minimum atomic E-state index is -0.536. The number of nitrogens with two attached hydrogens (primary N) is 1. The van der Waals surface area contributed by atoms with Crippen LogP contribution in [0.3, 0.4) is 0 Å². The highest BCUT2D eigenvalue weighted by Crippen LogP contribution is 2.22. The van der Waals surface area contributed by atoms with Crippen molar-refractivity contribution in [1.29, 1.82) is 0 Å². The van der Waals surface area contributed by atoms with Crippen molar-refractivity contribution >= 4 is 45.1 Å². The molecular formula is C17H13N3O2S. The Morgan fingerprint density at radius 2 is 1.96 bits per heavy atom. The summed E-state index contributed by atoms with van der Waals surface area (Å²) in [5.74, 6) is -0.836. The molecule has 1 aromatic heterocycles. The van der Waals surface area contributed by atoms with Crippen molar-refractivity contribution in [2.75, 3.05) is 5.32 Å². The lowest BCUT2D eigenvalue weighted by Gasteiger charge is -2.03. The molecule has 0 saturated carbocycles. The predicted molar refractivity (Wildman–Crippen MR) is 92.2 cm³/mol. The van der Waals surface area contributed by atoms with Crippen molar-refractivity contribution in [2.24, 2.45) is 5.73 Å². The summed E-state index contributed by atoms with van der Waals surface area (Å²) >= 11 is 1.51. The number of amides is 2. The molecule has 23 heavy (non-hydrogen) atoms. The minimum absolute atomic E-state index is 0.300. The summed E-state index contributed by atoms with van der Waals surface area (Å²) in [5, 5.41) is 3.44. The topological polar surface area (TPSA) is 85.1 Å². The van der Waals surface area contributed by atoms with Crippen LogP contribution < -0.4 is 11.1 Å². The molecule has 0 unspecified atom stereocenters. The molecule has 2 amide bonds. The molecule has 0 aliphatic rings. The zero-order valence-corrected chi connectivity index (χ0v) is 12.8. The van der Waals surface area contributed by atoms with E-state index in [1.165, 1.54) is 23.5 Å². The van der Waals surface area contributed by atoms with Crippen LogP contribution in [0, 0.1) is 0 Å². The Bertz CT molecular complexity index is 882. The lowest BCUT2D eigenvalue weighted by Crippen LogP contribution is -2.12. The molecular weight excluding hydrogens is 310 g/mol. The van der Waals surface area contributed by atoms with Gasteiger partial charge in [0.05, 0.1) is 10.2 Å². The van der Waals surface area contributed by atoms with Crippen LogP contribution in [-0.2, 0) is 4.79 Å². The van der Waals surface area contributed by atoms with E-state index in [4.69, 9.17) is 5.73 Å². The number of para-hydroxylation sites is 1. The number of primary amides is 1. The third-order valence-electron chi connectivity index (χ3n) is 3.10. The molecule has 0 radical (unpaired) electrons. The summed E-state index contributed by atoms with van der Waals surface area (Å²) in [6.45, 7) is 0. The number of nitrogens with one attached hydrogen (secondary N) is 1. The van der Waals surface area contributed by atoms with Crippen LogP contribution in [0.25, 0.3) is 16.3 Å². The fourth-order valence-corrected chi connectivity index (χ4v) is 2.91. The van der Waals surface area contributed by atoms with Gasteiger partial charge in [0.15, 0.2) is 0 Å². The SMILES string of the molecule is NC(=O)c1cccc(NC(=O)C=Cc2nc3ccccc3s2)c1. The highest BCUT2D eigenvalue weighted by atomic mass is 32.1. The molecule has 114 valence electrons. The summed E-state index contributed by atoms with van der Waals surface area (Å²) in [5.41, 5.74) is 6.98. The fraction of sp³-hybridized carbons (Fsp3) is 0. The van der Waals surface area contributed by atoms with Crippen LogP contribution in [0.15, 0.2) is 54.6 Å². The molecule has 6 heteroatoms. The molecule has 3 rings (SSSR count). The number of nitrogens with zero attached hydrogens (tertiary/aromatic N) is 1. The number of thiazole rings is 1. The quantitative estimate of drug-likeness (QED) is 0.724. The number of benzene rings is 2. The second-order valence-corrected chi connectivity index (χ2v) is 5.85. The molecule has 5 nitrogen and oxygen atoms in total. The summed E-state index contributed by atoms with van der Waals surface area (Å²) in [4.78, 5) is 27.5. The number of aromatic nitrogens is 1. The predicted octanol–water partition coefficient (Wildman–Crippen LogP) is 3.05. The van der Waals surface area contributed by atoms with Crippen LogP contribution in [0.1, 0.15) is 15.4 Å². The van der Waals surface area contributed by atoms with E-state index in [0.29, 0.717) is 11.3 Å². The molecule has 0 bridgehead atoms. The monoisotopic (exact) mass is 323 g/mol. The standard InChI is InChI=1S/C17H13N3O2S/c18-17(22)11-4-3-5-12(10-11)19-15(21)8-9-16-20-13-6-1-2-7-14(13)23-16/h1-10H,(H2,18,22)(H,19,21). The van der Waals surface area contributed by atoms with Gasteiger partial charge in [0.1, 0.15) is 5.01 Å². The van der Waals surface area contributed by atoms with E-state index < -0.39 is 5.91 Å². The van der Waals surface area contributed by atoms with Gasteiger partial charge in [0.2, 0.25) is 11.8 Å². The van der Waals surface area contributed by atoms with Gasteiger partial charge in [0, 0.05) is 17.3 Å². The lowest BCUT2D eigenvalue weighted by atomic mass is 10.2. The second kappa shape index (κ2) is 6.41. The zero-order chi connectivity index (χ0) is 16.2. The van der Waals surface area contributed by atoms with Crippen molar-refractivity contribution in [3.05, 3.63) is 65.2 Å². The number of hydrogen-bond donors (Lipinski definition) is 2. The second-order valence-electron chi connectivity index (χ2n) is 4.79. The first-order chi connectivity index (χ1) is 11.1. The molecule has 3 N–H and O–H groups in total. The van der Waals surface area contributed by atoms with Gasteiger partial charge in [-0.05, 0) is 36.4 Å². The van der Waals surface area contributed by atoms with Gasteiger partial charge >= 0.3 is 0 Å². The molecule has 0 aliphatic heterocycles. The van der Waals surface area contributed by atoms with Crippen LogP contribution >= 0.6 is 11.3 Å². The van der Waals surface area contributed by atoms with Gasteiger partial charge in [-0.3, -0.25) is 9.59 Å². The van der Waals surface area contributed by atoms with E-state index in [1.54, 1.807) is 24.3 Å². The Balaban J connectivity index is 1.71. The maximum Gasteiger partial charge on any atom is 0.248 e. The summed E-state index contributed by atoms with van der Waals surface area (Å²) in [6.07, 6.45) is 3.08. The van der Waals surface area contributed by atoms with Gasteiger partial charge in [0.25, 0.3) is 0 Å². The maximum absolute atomic E-state index is 11.9. The molecule has 0 aliphatic carbocycles. The molecule has 2 aromatic carbocycles. The number of anilines is 1. The Labute approximate surface area is 136 Å². The van der Waals surface area contributed by atoms with Crippen molar-refractivity contribution in [3.8, 4) is 0 Å². The zero-order valence-electron chi connectivity index (χ0n) is 12.0. The normalized spacial score (nSPS) is 11.0. The summed E-state index contributed by atoms with van der Waals surface area (Å²) in [6, 6.07) is 14.3. The smallest absolute Gasteiger partial charge is 0.248 e. The van der Waals surface area contributed by atoms with E-state index in [-0.39, 0.29) is 5.91 Å². The highest BCUT2D eigenvalue weighted by molar-refractivity contribution is 7.19. The van der Waals surface area contributed by atoms with E-state index in [2.05, 4.69) is 10.3 Å². The van der Waals surface area contributed by atoms with E-state index in [0.717, 1.165) is 15.2 Å². The summed E-state index contributed by atoms with van der Waals surface area (Å²) < 4.78 is 1.07. The van der Waals surface area contributed by atoms with E-state index >= 15 is 0 Å². The first-order valence-electron chi connectivity index (χ1n) is 6.86. The van der Waals surface area contributed by atoms with Crippen LogP contribution in [0.5, 0.6) is 0 Å². The Kier molecular flexibility index (Phi) is 4.16. The lowest BCUT2D eigenvalue weighted by molar-refractivity contribution is -0.111. The molecule has 1 heterocycles. The van der Waals surface area contributed by atoms with Crippen molar-refractivity contribution in [2.45, 2.75) is 0 Å². The number of carbonyl (C=O) groups excluding carboxylic acids is 2. The first-order valence-corrected chi connectivity index (χ1v) is 7.68. The van der Waals surface area contributed by atoms with Crippen LogP contribution in [0.2, 0.25) is 0 Å². The Hall–Kier alpha value is -2.99. The molecule has 0 saturated heterocycles. The van der Waals surface area contributed by atoms with E-state index in [1.807, 2.05) is 24.3 Å². The molecule has 3 aromatic rings. The van der Waals surface area contributed by atoms with Gasteiger partial charge in [-0.1, -0.05) is 18.2 Å². The fourth-order valence-electron chi connectivity index (χ4n) is 2.04. The van der Waals surface area contributed by atoms with Crippen LogP contribution in [0.4, 0.5) is 5.69 Å². The molecule has 0 spiro atoms. The molecule has 0 fully saturated rings. The number of fused-ring (bicyclic) bond motifs is 1. The van der Waals surface area contributed by atoms with Crippen molar-refractivity contribution in [1.82, 2.24) is 4.98 Å². The summed E-state index contributed by atoms with van der Waals surface area (Å²) in [7, 11) is 0. The Morgan fingerprint density at radius 1 is 1.13 bits per heavy atom.